The van der Waals surface area contributed by atoms with Crippen molar-refractivity contribution in [2.45, 2.75) is 0 Å². The van der Waals surface area contributed by atoms with E-state index in [-0.39, 0.29) is 11.4 Å². The lowest BCUT2D eigenvalue weighted by Gasteiger charge is -2.10. The van der Waals surface area contributed by atoms with Crippen LogP contribution >= 0.6 is 0 Å². The lowest BCUT2D eigenvalue weighted by Crippen LogP contribution is -2.32. The van der Waals surface area contributed by atoms with Crippen LogP contribution in [0.2, 0.25) is 0 Å². The highest BCUT2D eigenvalue weighted by atomic mass is 16.4. The first-order valence-electron chi connectivity index (χ1n) is 4.05. The van der Waals surface area contributed by atoms with Gasteiger partial charge in [-0.15, -0.1) is 0 Å². The minimum absolute atomic E-state index is 0.206. The van der Waals surface area contributed by atoms with E-state index in [0.29, 0.717) is 5.56 Å². The molecule has 1 aromatic heterocycles. The molecule has 1 rings (SSSR count). The van der Waals surface area contributed by atoms with Gasteiger partial charge in [-0.1, -0.05) is 0 Å². The molecule has 0 atom stereocenters. The standard InChI is InChI=1S/C8H11BN2O3/c1-11(2)8(12)6-3-7(9(13)14)5-10-4-6/h3-5,13-14H,1-2H3. The van der Waals surface area contributed by atoms with Gasteiger partial charge in [-0.2, -0.15) is 0 Å². The number of carbonyl (C=O) groups excluding carboxylic acids is 1. The van der Waals surface area contributed by atoms with Gasteiger partial charge in [0.15, 0.2) is 0 Å². The molecule has 5 nitrogen and oxygen atoms in total. The summed E-state index contributed by atoms with van der Waals surface area (Å²) in [4.78, 5) is 16.6. The third kappa shape index (κ3) is 2.30. The van der Waals surface area contributed by atoms with Crippen molar-refractivity contribution in [3.8, 4) is 0 Å². The van der Waals surface area contributed by atoms with Gasteiger partial charge in [-0.05, 0) is 6.07 Å². The molecule has 0 saturated heterocycles. The average Bonchev–Trinajstić information content (AvgIpc) is 2.16. The van der Waals surface area contributed by atoms with Gasteiger partial charge >= 0.3 is 7.12 Å². The Morgan fingerprint density at radius 3 is 2.57 bits per heavy atom. The first-order chi connectivity index (χ1) is 6.52. The summed E-state index contributed by atoms with van der Waals surface area (Å²) in [6.45, 7) is 0. The largest absolute Gasteiger partial charge is 0.490 e. The molecule has 0 aliphatic carbocycles. The molecule has 1 aromatic rings. The smallest absolute Gasteiger partial charge is 0.423 e. The van der Waals surface area contributed by atoms with Crippen molar-refractivity contribution in [3.63, 3.8) is 0 Å². The molecule has 74 valence electrons. The maximum absolute atomic E-state index is 11.4. The van der Waals surface area contributed by atoms with Crippen LogP contribution in [0.1, 0.15) is 10.4 Å². The Morgan fingerprint density at radius 2 is 2.07 bits per heavy atom. The second-order valence-electron chi connectivity index (χ2n) is 3.08. The fraction of sp³-hybridized carbons (Fsp3) is 0.250. The van der Waals surface area contributed by atoms with Crippen molar-refractivity contribution in [1.29, 1.82) is 0 Å². The highest BCUT2D eigenvalue weighted by molar-refractivity contribution is 6.58. The monoisotopic (exact) mass is 194 g/mol. The van der Waals surface area contributed by atoms with E-state index < -0.39 is 7.12 Å². The van der Waals surface area contributed by atoms with Crippen LogP contribution < -0.4 is 5.46 Å². The van der Waals surface area contributed by atoms with Gasteiger partial charge in [0.25, 0.3) is 5.91 Å². The number of carbonyl (C=O) groups is 1. The molecule has 0 saturated carbocycles. The number of nitrogens with zero attached hydrogens (tertiary/aromatic N) is 2. The van der Waals surface area contributed by atoms with E-state index >= 15 is 0 Å². The van der Waals surface area contributed by atoms with Crippen molar-refractivity contribution >= 4 is 18.5 Å². The molecule has 1 heterocycles. The summed E-state index contributed by atoms with van der Waals surface area (Å²) in [6.07, 6.45) is 2.69. The fourth-order valence-electron chi connectivity index (χ4n) is 0.974. The minimum Gasteiger partial charge on any atom is -0.423 e. The Kier molecular flexibility index (Phi) is 3.21. The lowest BCUT2D eigenvalue weighted by molar-refractivity contribution is 0.0827. The van der Waals surface area contributed by atoms with E-state index in [2.05, 4.69) is 4.98 Å². The highest BCUT2D eigenvalue weighted by Gasteiger charge is 2.15. The van der Waals surface area contributed by atoms with Crippen LogP contribution in [0, 0.1) is 0 Å². The van der Waals surface area contributed by atoms with E-state index in [4.69, 9.17) is 10.0 Å². The molecule has 1 amide bonds. The van der Waals surface area contributed by atoms with Crippen LogP contribution in [-0.4, -0.2) is 47.1 Å². The molecule has 0 fully saturated rings. The van der Waals surface area contributed by atoms with E-state index in [1.807, 2.05) is 0 Å². The molecular weight excluding hydrogens is 183 g/mol. The van der Waals surface area contributed by atoms with Crippen LogP contribution in [0.4, 0.5) is 0 Å². The van der Waals surface area contributed by atoms with Crippen molar-refractivity contribution < 1.29 is 14.8 Å². The van der Waals surface area contributed by atoms with Gasteiger partial charge in [0.05, 0.1) is 5.56 Å². The Hall–Kier alpha value is -1.40. The molecule has 0 aliphatic heterocycles. The van der Waals surface area contributed by atoms with Crippen molar-refractivity contribution in [2.75, 3.05) is 14.1 Å². The number of hydrogen-bond donors (Lipinski definition) is 2. The second-order valence-corrected chi connectivity index (χ2v) is 3.08. The first-order valence-corrected chi connectivity index (χ1v) is 4.05. The molecule has 14 heavy (non-hydrogen) atoms. The Morgan fingerprint density at radius 1 is 1.43 bits per heavy atom. The zero-order chi connectivity index (χ0) is 10.7. The van der Waals surface area contributed by atoms with Crippen LogP contribution in [-0.2, 0) is 0 Å². The van der Waals surface area contributed by atoms with Gasteiger partial charge in [-0.25, -0.2) is 0 Å². The summed E-state index contributed by atoms with van der Waals surface area (Å²) in [5, 5.41) is 17.7. The lowest BCUT2D eigenvalue weighted by atomic mass is 9.81. The number of aromatic nitrogens is 1. The van der Waals surface area contributed by atoms with E-state index in [9.17, 15) is 4.79 Å². The molecule has 6 heteroatoms. The average molecular weight is 194 g/mol. The normalized spacial score (nSPS) is 9.71. The van der Waals surface area contributed by atoms with Gasteiger partial charge in [0.2, 0.25) is 0 Å². The topological polar surface area (TPSA) is 73.7 Å². The molecule has 0 aromatic carbocycles. The zero-order valence-corrected chi connectivity index (χ0v) is 8.01. The van der Waals surface area contributed by atoms with Crippen LogP contribution in [0.15, 0.2) is 18.5 Å². The van der Waals surface area contributed by atoms with Crippen molar-refractivity contribution in [2.24, 2.45) is 0 Å². The Bertz CT molecular complexity index is 341. The second kappa shape index (κ2) is 4.21. The quantitative estimate of drug-likeness (QED) is 0.559. The summed E-state index contributed by atoms with van der Waals surface area (Å²) in [6, 6.07) is 1.40. The van der Waals surface area contributed by atoms with Crippen molar-refractivity contribution in [3.05, 3.63) is 24.0 Å². The predicted octanol–water partition coefficient (Wildman–Crippen LogP) is -1.54. The number of hydrogen-bond acceptors (Lipinski definition) is 4. The predicted molar refractivity (Wildman–Crippen MR) is 52.1 cm³/mol. The highest BCUT2D eigenvalue weighted by Crippen LogP contribution is 1.98. The van der Waals surface area contributed by atoms with Gasteiger partial charge in [0.1, 0.15) is 0 Å². The van der Waals surface area contributed by atoms with Gasteiger partial charge in [0, 0.05) is 32.0 Å². The van der Waals surface area contributed by atoms with Crippen LogP contribution in [0.5, 0.6) is 0 Å². The maximum atomic E-state index is 11.4. The number of amides is 1. The summed E-state index contributed by atoms with van der Waals surface area (Å²) in [5.41, 5.74) is 0.540. The molecule has 0 bridgehead atoms. The Labute approximate surface area is 82.1 Å². The summed E-state index contributed by atoms with van der Waals surface area (Å²) in [7, 11) is 1.63. The summed E-state index contributed by atoms with van der Waals surface area (Å²) < 4.78 is 0. The van der Waals surface area contributed by atoms with Crippen LogP contribution in [0.25, 0.3) is 0 Å². The fourth-order valence-corrected chi connectivity index (χ4v) is 0.974. The summed E-state index contributed by atoms with van der Waals surface area (Å²) in [5.74, 6) is -0.222. The molecule has 0 spiro atoms. The molecule has 0 aliphatic rings. The van der Waals surface area contributed by atoms with Crippen molar-refractivity contribution in [1.82, 2.24) is 9.88 Å². The zero-order valence-electron chi connectivity index (χ0n) is 8.01. The van der Waals surface area contributed by atoms with Crippen LogP contribution in [0.3, 0.4) is 0 Å². The van der Waals surface area contributed by atoms with Gasteiger partial charge in [-0.3, -0.25) is 9.78 Å². The SMILES string of the molecule is CN(C)C(=O)c1cncc(B(O)O)c1. The molecular formula is C8H11BN2O3. The molecule has 0 radical (unpaired) electrons. The van der Waals surface area contributed by atoms with E-state index in [1.165, 1.54) is 23.4 Å². The third-order valence-corrected chi connectivity index (χ3v) is 1.71. The first kappa shape index (κ1) is 10.7. The number of pyridine rings is 1. The van der Waals surface area contributed by atoms with E-state index in [1.54, 1.807) is 14.1 Å². The molecule has 2 N–H and O–H groups in total. The Balaban J connectivity index is 3.00. The van der Waals surface area contributed by atoms with E-state index in [0.717, 1.165) is 0 Å². The third-order valence-electron chi connectivity index (χ3n) is 1.71. The molecule has 0 unspecified atom stereocenters. The number of rotatable bonds is 2. The maximum Gasteiger partial charge on any atom is 0.490 e. The summed E-state index contributed by atoms with van der Waals surface area (Å²) >= 11 is 0. The van der Waals surface area contributed by atoms with Gasteiger partial charge < -0.3 is 14.9 Å². The minimum atomic E-state index is -1.60.